The van der Waals surface area contributed by atoms with Crippen molar-refractivity contribution < 1.29 is 9.90 Å². The molecule has 1 unspecified atom stereocenters. The SMILES string of the molecule is O=C(NC(CCCO)c1ccccc1)c1cccc(-c2ncn[nH]2)c1. The maximum absolute atomic E-state index is 12.7. The Morgan fingerprint density at radius 3 is 2.72 bits per heavy atom. The number of carbonyl (C=O) groups is 1. The van der Waals surface area contributed by atoms with E-state index in [1.807, 2.05) is 42.5 Å². The van der Waals surface area contributed by atoms with Crippen LogP contribution in [0, 0.1) is 0 Å². The van der Waals surface area contributed by atoms with Crippen molar-refractivity contribution in [3.05, 3.63) is 72.1 Å². The summed E-state index contributed by atoms with van der Waals surface area (Å²) in [7, 11) is 0. The van der Waals surface area contributed by atoms with Crippen LogP contribution in [-0.4, -0.2) is 32.8 Å². The maximum Gasteiger partial charge on any atom is 0.251 e. The minimum atomic E-state index is -0.159. The van der Waals surface area contributed by atoms with Crippen LogP contribution in [0.2, 0.25) is 0 Å². The average molecular weight is 336 g/mol. The van der Waals surface area contributed by atoms with Crippen molar-refractivity contribution in [2.75, 3.05) is 6.61 Å². The third-order valence-electron chi connectivity index (χ3n) is 3.97. The molecular weight excluding hydrogens is 316 g/mol. The predicted molar refractivity (Wildman–Crippen MR) is 94.8 cm³/mol. The van der Waals surface area contributed by atoms with Crippen molar-refractivity contribution in [1.82, 2.24) is 20.5 Å². The summed E-state index contributed by atoms with van der Waals surface area (Å²) in [5, 5.41) is 18.8. The molecule has 3 rings (SSSR count). The number of aliphatic hydroxyl groups is 1. The van der Waals surface area contributed by atoms with E-state index in [2.05, 4.69) is 20.5 Å². The lowest BCUT2D eigenvalue weighted by Crippen LogP contribution is -2.28. The van der Waals surface area contributed by atoms with Crippen molar-refractivity contribution in [2.45, 2.75) is 18.9 Å². The van der Waals surface area contributed by atoms with Crippen LogP contribution < -0.4 is 5.32 Å². The van der Waals surface area contributed by atoms with E-state index < -0.39 is 0 Å². The number of aromatic amines is 1. The molecule has 0 aliphatic rings. The Kier molecular flexibility index (Phi) is 5.53. The lowest BCUT2D eigenvalue weighted by molar-refractivity contribution is 0.0932. The number of aromatic nitrogens is 3. The summed E-state index contributed by atoms with van der Waals surface area (Å²) in [4.78, 5) is 16.8. The zero-order valence-electron chi connectivity index (χ0n) is 13.7. The molecule has 0 saturated carbocycles. The molecule has 128 valence electrons. The van der Waals surface area contributed by atoms with Gasteiger partial charge in [0.15, 0.2) is 5.82 Å². The van der Waals surface area contributed by atoms with Gasteiger partial charge in [0, 0.05) is 17.7 Å². The number of carbonyl (C=O) groups excluding carboxylic acids is 1. The van der Waals surface area contributed by atoms with Gasteiger partial charge in [0.05, 0.1) is 6.04 Å². The van der Waals surface area contributed by atoms with E-state index in [0.29, 0.717) is 24.2 Å². The highest BCUT2D eigenvalue weighted by Gasteiger charge is 2.16. The first-order valence-electron chi connectivity index (χ1n) is 8.20. The number of benzene rings is 2. The molecule has 1 aromatic heterocycles. The molecule has 1 atom stereocenters. The van der Waals surface area contributed by atoms with Crippen LogP contribution in [0.1, 0.15) is 34.8 Å². The van der Waals surface area contributed by atoms with Crippen LogP contribution in [0.15, 0.2) is 60.9 Å². The van der Waals surface area contributed by atoms with Gasteiger partial charge in [-0.25, -0.2) is 4.98 Å². The van der Waals surface area contributed by atoms with Crippen LogP contribution in [0.5, 0.6) is 0 Å². The van der Waals surface area contributed by atoms with E-state index in [4.69, 9.17) is 5.11 Å². The molecule has 0 saturated heterocycles. The summed E-state index contributed by atoms with van der Waals surface area (Å²) in [5.74, 6) is 0.461. The van der Waals surface area contributed by atoms with E-state index in [9.17, 15) is 4.79 Å². The zero-order valence-corrected chi connectivity index (χ0v) is 13.7. The van der Waals surface area contributed by atoms with Gasteiger partial charge in [-0.1, -0.05) is 42.5 Å². The highest BCUT2D eigenvalue weighted by molar-refractivity contribution is 5.95. The van der Waals surface area contributed by atoms with E-state index in [-0.39, 0.29) is 18.6 Å². The van der Waals surface area contributed by atoms with Crippen molar-refractivity contribution in [1.29, 1.82) is 0 Å². The normalized spacial score (nSPS) is 11.9. The van der Waals surface area contributed by atoms with Gasteiger partial charge in [0.25, 0.3) is 5.91 Å². The number of nitrogens with zero attached hydrogens (tertiary/aromatic N) is 2. The molecule has 3 aromatic rings. The van der Waals surface area contributed by atoms with Crippen molar-refractivity contribution in [3.63, 3.8) is 0 Å². The third kappa shape index (κ3) is 4.30. The fraction of sp³-hybridized carbons (Fsp3) is 0.211. The molecule has 0 aliphatic heterocycles. The lowest BCUT2D eigenvalue weighted by atomic mass is 10.0. The average Bonchev–Trinajstić information content (AvgIpc) is 3.20. The predicted octanol–water partition coefficient (Wildman–Crippen LogP) is 2.72. The molecule has 1 heterocycles. The summed E-state index contributed by atoms with van der Waals surface area (Å²) in [6.45, 7) is 0.0974. The van der Waals surface area contributed by atoms with Gasteiger partial charge < -0.3 is 10.4 Å². The number of aliphatic hydroxyl groups excluding tert-OH is 1. The first kappa shape index (κ1) is 16.9. The van der Waals surface area contributed by atoms with Gasteiger partial charge in [-0.3, -0.25) is 9.89 Å². The Hall–Kier alpha value is -2.99. The molecule has 0 aliphatic carbocycles. The largest absolute Gasteiger partial charge is 0.396 e. The highest BCUT2D eigenvalue weighted by atomic mass is 16.3. The summed E-state index contributed by atoms with van der Waals surface area (Å²) < 4.78 is 0. The first-order valence-corrected chi connectivity index (χ1v) is 8.20. The molecular formula is C19H20N4O2. The van der Waals surface area contributed by atoms with Gasteiger partial charge in [-0.2, -0.15) is 5.10 Å². The minimum Gasteiger partial charge on any atom is -0.396 e. The smallest absolute Gasteiger partial charge is 0.251 e. The van der Waals surface area contributed by atoms with Crippen molar-refractivity contribution in [3.8, 4) is 11.4 Å². The summed E-state index contributed by atoms with van der Waals surface area (Å²) in [5.41, 5.74) is 2.38. The van der Waals surface area contributed by atoms with Gasteiger partial charge in [-0.05, 0) is 30.5 Å². The molecule has 25 heavy (non-hydrogen) atoms. The van der Waals surface area contributed by atoms with Crippen LogP contribution in [0.25, 0.3) is 11.4 Å². The fourth-order valence-electron chi connectivity index (χ4n) is 2.70. The number of rotatable bonds is 7. The first-order chi connectivity index (χ1) is 12.3. The Bertz CT molecular complexity index is 803. The highest BCUT2D eigenvalue weighted by Crippen LogP contribution is 2.20. The Balaban J connectivity index is 1.78. The zero-order chi connectivity index (χ0) is 17.5. The van der Waals surface area contributed by atoms with Crippen LogP contribution in [0.3, 0.4) is 0 Å². The summed E-state index contributed by atoms with van der Waals surface area (Å²) in [6.07, 6.45) is 2.73. The molecule has 1 amide bonds. The molecule has 2 aromatic carbocycles. The fourth-order valence-corrected chi connectivity index (χ4v) is 2.70. The van der Waals surface area contributed by atoms with Gasteiger partial charge >= 0.3 is 0 Å². The third-order valence-corrected chi connectivity index (χ3v) is 3.97. The molecule has 0 bridgehead atoms. The second kappa shape index (κ2) is 8.21. The topological polar surface area (TPSA) is 90.9 Å². The number of nitrogens with one attached hydrogen (secondary N) is 2. The maximum atomic E-state index is 12.7. The van der Waals surface area contributed by atoms with E-state index >= 15 is 0 Å². The Labute approximate surface area is 145 Å². The second-order valence-corrected chi connectivity index (χ2v) is 5.72. The van der Waals surface area contributed by atoms with Crippen molar-refractivity contribution >= 4 is 5.91 Å². The van der Waals surface area contributed by atoms with Crippen LogP contribution in [0.4, 0.5) is 0 Å². The molecule has 6 heteroatoms. The van der Waals surface area contributed by atoms with Gasteiger partial charge in [0.2, 0.25) is 0 Å². The second-order valence-electron chi connectivity index (χ2n) is 5.72. The number of hydrogen-bond donors (Lipinski definition) is 3. The summed E-state index contributed by atoms with van der Waals surface area (Å²) >= 11 is 0. The van der Waals surface area contributed by atoms with E-state index in [0.717, 1.165) is 11.1 Å². The molecule has 6 nitrogen and oxygen atoms in total. The van der Waals surface area contributed by atoms with E-state index in [1.54, 1.807) is 12.1 Å². The minimum absolute atomic E-state index is 0.0974. The Morgan fingerprint density at radius 1 is 1.16 bits per heavy atom. The van der Waals surface area contributed by atoms with Crippen LogP contribution >= 0.6 is 0 Å². The standard InChI is InChI=1S/C19H20N4O2/c24-11-5-10-17(14-6-2-1-3-7-14)22-19(25)16-9-4-8-15(12-16)18-20-13-21-23-18/h1-4,6-9,12-13,17,24H,5,10-11H2,(H,22,25)(H,20,21,23). The number of amides is 1. The quantitative estimate of drug-likeness (QED) is 0.619. The van der Waals surface area contributed by atoms with Crippen molar-refractivity contribution in [2.24, 2.45) is 0 Å². The monoisotopic (exact) mass is 336 g/mol. The number of hydrogen-bond acceptors (Lipinski definition) is 4. The van der Waals surface area contributed by atoms with Crippen LogP contribution in [-0.2, 0) is 0 Å². The van der Waals surface area contributed by atoms with E-state index in [1.165, 1.54) is 6.33 Å². The molecule has 0 fully saturated rings. The van der Waals surface area contributed by atoms with Gasteiger partial charge in [-0.15, -0.1) is 0 Å². The summed E-state index contributed by atoms with van der Waals surface area (Å²) in [6, 6.07) is 16.9. The molecule has 0 radical (unpaired) electrons. The molecule has 0 spiro atoms. The number of H-pyrrole nitrogens is 1. The molecule has 3 N–H and O–H groups in total. The van der Waals surface area contributed by atoms with Gasteiger partial charge in [0.1, 0.15) is 6.33 Å². The lowest BCUT2D eigenvalue weighted by Gasteiger charge is -2.19. The Morgan fingerprint density at radius 2 is 2.00 bits per heavy atom.